The van der Waals surface area contributed by atoms with E-state index in [1.54, 1.807) is 83.8 Å². The minimum absolute atomic E-state index is 0. The number of aromatic nitrogens is 10. The molecule has 1 amide bonds. The van der Waals surface area contributed by atoms with Crippen molar-refractivity contribution in [1.82, 2.24) is 55.2 Å². The molecule has 7 aliphatic carbocycles. The van der Waals surface area contributed by atoms with Crippen molar-refractivity contribution in [1.29, 1.82) is 0 Å². The van der Waals surface area contributed by atoms with E-state index in [2.05, 4.69) is 88.9 Å². The number of hydrogen-bond donors (Lipinski definition) is 5. The standard InChI is InChI=1S/C25H34N2O5S.C13H13ClN2O2S.3C13H14N2O3S.C11H21NO3.CH4.Cl3OP/c1-5-30-19(28)13-16-8-11-18-21(16)22-23(26-14-27-24(22)33-18)31-17-9-6-15(7-10-17)12-20(29)32-25(2,3)4;1-2-18-9(17)5-7-3-4-8-10(7)11-12(14)15-6-16-13(11)19-8;3*1-2-18-9(16)5-7-3-4-8-10(7)11-12(17)14-6-15-13(11)19-8;1-11(2,3)15-10(14)12-8-4-6-9(13)7-5-8;;1-5(2,3)4/h14-17H,5-13H2,1-4H3;6-7H,2-5H2,1H3;3*6-7H,2-5H2,1H3,(H,14,15,17);8-9,13H,4-7H2,1-3H3,(H,12,14);1H4;/t15?,16-,17?;3*7-;;;;/m0010..../s1. The summed E-state index contributed by atoms with van der Waals surface area (Å²) in [6, 6.07) is 0.156. The maximum atomic E-state index is 12.2. The number of carbonyl (C=O) groups excluding carboxylic acids is 7. The van der Waals surface area contributed by atoms with Crippen molar-refractivity contribution in [2.45, 2.75) is 297 Å². The number of H-pyrrole nitrogens is 3. The fourth-order valence-corrected chi connectivity index (χ4v) is 23.9. The number of aliphatic hydroxyl groups is 1. The molecule has 2 fully saturated rings. The van der Waals surface area contributed by atoms with Crippen LogP contribution in [0.5, 0.6) is 5.88 Å². The van der Waals surface area contributed by atoms with E-state index in [4.69, 9.17) is 49.5 Å². The second kappa shape index (κ2) is 47.7. The predicted molar refractivity (Wildman–Crippen MR) is 508 cm³/mol. The summed E-state index contributed by atoms with van der Waals surface area (Å²) in [4.78, 5) is 166. The SMILES string of the molecule is C.CC(C)(C)OC(=O)NC1CCC(O)CC1.CCOC(=O)CC1CCc2sc3nc[nH]c(=O)c3c21.CCOC(=O)C[C@@H]1CCc2sc3nc[nH]c(=O)c3c21.CCOC(=O)C[C@@H]1CCc2sc3ncnc(Cl)c3c21.CCOC(=O)C[C@@H]1CCc2sc3ncnc(OC4CCC(CC(=O)OC(C)(C)C)CC4)c3c21.CCOC(=O)C[C@H]1CCc2sc3nc[nH]c(=O)c3c21.O=P(Cl)(Cl)Cl. The number of fused-ring (bicyclic) bond motifs is 15. The van der Waals surface area contributed by atoms with Gasteiger partial charge in [-0.3, -0.25) is 47.7 Å². The van der Waals surface area contributed by atoms with Gasteiger partial charge in [0.25, 0.3) is 16.7 Å². The smallest absolute Gasteiger partial charge is 0.407 e. The van der Waals surface area contributed by atoms with Gasteiger partial charge < -0.3 is 63.3 Å². The summed E-state index contributed by atoms with van der Waals surface area (Å²) in [6.07, 6.45) is 25.3. The number of rotatable bonds is 20. The molecule has 708 valence electrons. The maximum absolute atomic E-state index is 12.2. The Bertz CT molecular complexity index is 5570. The Hall–Kier alpha value is -8.16. The topological polar surface area (TPSA) is 431 Å². The molecule has 10 aromatic rings. The van der Waals surface area contributed by atoms with Gasteiger partial charge in [-0.25, -0.2) is 39.7 Å². The van der Waals surface area contributed by atoms with Crippen molar-refractivity contribution in [3.8, 4) is 5.88 Å². The highest BCUT2D eigenvalue weighted by Gasteiger charge is 2.38. The van der Waals surface area contributed by atoms with E-state index in [-0.39, 0.29) is 114 Å². The lowest BCUT2D eigenvalue weighted by atomic mass is 9.85. The number of aryl methyl sites for hydroxylation is 5. The average Bonchev–Trinajstić information content (AvgIpc) is 1.61. The molecule has 10 aromatic heterocycles. The molecule has 0 saturated heterocycles. The minimum atomic E-state index is -3.22. The summed E-state index contributed by atoms with van der Waals surface area (Å²) >= 11 is 28.1. The first kappa shape index (κ1) is 104. The first-order valence-electron chi connectivity index (χ1n) is 43.6. The van der Waals surface area contributed by atoms with E-state index < -0.39 is 16.4 Å². The fraction of sp³-hybridized carbons (Fsp3) is 0.584. The first-order valence-corrected chi connectivity index (χ1v) is 52.5. The van der Waals surface area contributed by atoms with E-state index >= 15 is 0 Å². The summed E-state index contributed by atoms with van der Waals surface area (Å²) in [5.74, 6) is 0.551. The first-order chi connectivity index (χ1) is 61.4. The van der Waals surface area contributed by atoms with Crippen LogP contribution in [-0.2, 0) is 98.6 Å². The lowest BCUT2D eigenvalue weighted by molar-refractivity contribution is -0.156. The Labute approximate surface area is 792 Å². The zero-order valence-corrected chi connectivity index (χ0v) is 81.9. The molecule has 0 aromatic carbocycles. The van der Waals surface area contributed by atoms with E-state index in [1.165, 1.54) is 60.8 Å². The van der Waals surface area contributed by atoms with Crippen LogP contribution < -0.4 is 26.7 Å². The molecule has 17 rings (SSSR count). The zero-order chi connectivity index (χ0) is 93.2. The largest absolute Gasteiger partial charge is 0.474 e. The van der Waals surface area contributed by atoms with Gasteiger partial charge in [-0.15, -0.1) is 56.7 Å². The van der Waals surface area contributed by atoms with E-state index in [1.807, 2.05) is 55.4 Å². The molecule has 0 aliphatic heterocycles. The molecule has 0 spiro atoms. The second-order valence-corrected chi connectivity index (χ2v) is 46.4. The third-order valence-electron chi connectivity index (χ3n) is 22.5. The number of aromatic amines is 3. The molecule has 41 heteroatoms. The van der Waals surface area contributed by atoms with Gasteiger partial charge >= 0.3 is 47.1 Å². The molecular weight excluding hydrogens is 1880 g/mol. The summed E-state index contributed by atoms with van der Waals surface area (Å²) < 4.78 is 51.8. The summed E-state index contributed by atoms with van der Waals surface area (Å²) in [5.41, 5.74) is 4.16. The molecule has 31 nitrogen and oxygen atoms in total. The molecule has 0 radical (unpaired) electrons. The van der Waals surface area contributed by atoms with E-state index in [0.717, 1.165) is 167 Å². The molecule has 5 N–H and O–H groups in total. The van der Waals surface area contributed by atoms with Gasteiger partial charge in [0.2, 0.25) is 5.88 Å². The van der Waals surface area contributed by atoms with Crippen molar-refractivity contribution in [3.63, 3.8) is 0 Å². The predicted octanol–water partition coefficient (Wildman–Crippen LogP) is 19.8. The highest BCUT2D eigenvalue weighted by molar-refractivity contribution is 8.24. The van der Waals surface area contributed by atoms with Crippen LogP contribution in [0.4, 0.5) is 4.79 Å². The molecule has 10 heterocycles. The van der Waals surface area contributed by atoms with Crippen molar-refractivity contribution in [2.24, 2.45) is 5.92 Å². The van der Waals surface area contributed by atoms with Crippen LogP contribution in [0.25, 0.3) is 51.1 Å². The molecule has 7 aliphatic rings. The quantitative estimate of drug-likeness (QED) is 0.0205. The summed E-state index contributed by atoms with van der Waals surface area (Å²) in [7, 11) is 0. The fourth-order valence-electron chi connectivity index (χ4n) is 17.4. The van der Waals surface area contributed by atoms with Crippen molar-refractivity contribution in [3.05, 3.63) is 120 Å². The van der Waals surface area contributed by atoms with Crippen LogP contribution in [0.3, 0.4) is 0 Å². The number of aliphatic hydroxyl groups excluding tert-OH is 1. The number of hydrogen-bond acceptors (Lipinski definition) is 32. The third-order valence-corrected chi connectivity index (χ3v) is 28.7. The summed E-state index contributed by atoms with van der Waals surface area (Å²) in [5, 5.41) is 13.3. The van der Waals surface area contributed by atoms with Crippen molar-refractivity contribution < 1.29 is 81.1 Å². The van der Waals surface area contributed by atoms with Gasteiger partial charge in [0.1, 0.15) is 59.3 Å². The van der Waals surface area contributed by atoms with Gasteiger partial charge in [-0.05, 0) is 289 Å². The van der Waals surface area contributed by atoms with Crippen molar-refractivity contribution >= 4 is 200 Å². The number of ether oxygens (including phenoxy) is 8. The Morgan fingerprint density at radius 2 is 0.731 bits per heavy atom. The normalized spacial score (nSPS) is 19.7. The van der Waals surface area contributed by atoms with E-state index in [9.17, 15) is 57.6 Å². The van der Waals surface area contributed by atoms with Gasteiger partial charge in [0.15, 0.2) is 0 Å². The number of halogens is 4. The second-order valence-electron chi connectivity index (χ2n) is 34.0. The van der Waals surface area contributed by atoms with Crippen LogP contribution in [0, 0.1) is 5.92 Å². The lowest BCUT2D eigenvalue weighted by Gasteiger charge is -2.29. The van der Waals surface area contributed by atoms with Crippen LogP contribution in [0.15, 0.2) is 46.0 Å². The molecule has 130 heavy (non-hydrogen) atoms. The lowest BCUT2D eigenvalue weighted by Crippen LogP contribution is -2.41. The number of thiophene rings is 5. The molecule has 1 unspecified atom stereocenters. The minimum Gasteiger partial charge on any atom is -0.474 e. The highest BCUT2D eigenvalue weighted by Crippen LogP contribution is 2.61. The number of amides is 1. The Morgan fingerprint density at radius 3 is 1.06 bits per heavy atom. The number of nitrogens with one attached hydrogen (secondary N) is 4. The van der Waals surface area contributed by atoms with Crippen molar-refractivity contribution in [2.75, 3.05) is 33.0 Å². The van der Waals surface area contributed by atoms with Crippen LogP contribution in [0.1, 0.15) is 287 Å². The number of nitrogens with zero attached hydrogens (tertiary/aromatic N) is 7. The van der Waals surface area contributed by atoms with Gasteiger partial charge in [-0.2, -0.15) is 0 Å². The van der Waals surface area contributed by atoms with Gasteiger partial charge in [0.05, 0.1) is 117 Å². The molecule has 5 atom stereocenters. The van der Waals surface area contributed by atoms with E-state index in [0.29, 0.717) is 105 Å². The Morgan fingerprint density at radius 1 is 0.423 bits per heavy atom. The van der Waals surface area contributed by atoms with Crippen LogP contribution in [0.2, 0.25) is 5.15 Å². The molecule has 0 bridgehead atoms. The summed E-state index contributed by atoms with van der Waals surface area (Å²) in [6.45, 7) is 22.3. The Kier molecular flexibility index (Phi) is 38.1. The number of carbonyl (C=O) groups is 7. The number of alkyl carbamates (subject to hydrolysis) is 1. The Balaban J connectivity index is 0.000000163. The average molecular weight is 1990 g/mol. The molecule has 2 saturated carbocycles. The number of esters is 6. The van der Waals surface area contributed by atoms with Crippen LogP contribution in [-0.4, -0.2) is 159 Å². The van der Waals surface area contributed by atoms with Crippen LogP contribution >= 0.6 is 107 Å². The van der Waals surface area contributed by atoms with Gasteiger partial charge in [0, 0.05) is 36.8 Å². The maximum Gasteiger partial charge on any atom is 0.407 e. The molecular formula is C89H114Cl4N11O20PS5. The zero-order valence-electron chi connectivity index (χ0n) is 73.9. The monoisotopic (exact) mass is 1990 g/mol. The third kappa shape index (κ3) is 28.5. The highest BCUT2D eigenvalue weighted by atomic mass is 36.0. The van der Waals surface area contributed by atoms with Gasteiger partial charge in [-0.1, -0.05) is 19.0 Å².